The van der Waals surface area contributed by atoms with E-state index >= 15 is 0 Å². The van der Waals surface area contributed by atoms with E-state index in [1.807, 2.05) is 93.3 Å². The summed E-state index contributed by atoms with van der Waals surface area (Å²) in [5, 5.41) is 13.7. The average molecular weight is 708 g/mol. The lowest BCUT2D eigenvalue weighted by Gasteiger charge is -2.28. The van der Waals surface area contributed by atoms with Crippen LogP contribution in [0.15, 0.2) is 60.7 Å². The van der Waals surface area contributed by atoms with Gasteiger partial charge in [-0.3, -0.25) is 33.7 Å². The Morgan fingerprint density at radius 3 is 1.49 bits per heavy atom. The van der Waals surface area contributed by atoms with E-state index in [-0.39, 0.29) is 37.1 Å². The van der Waals surface area contributed by atoms with Crippen LogP contribution in [-0.2, 0) is 41.6 Å². The van der Waals surface area contributed by atoms with Gasteiger partial charge in [-0.15, -0.1) is 0 Å². The van der Waals surface area contributed by atoms with Crippen LogP contribution in [0.4, 0.5) is 0 Å². The van der Waals surface area contributed by atoms with Crippen molar-refractivity contribution >= 4 is 35.4 Å². The Hall–Kier alpha value is -4.78. The van der Waals surface area contributed by atoms with Gasteiger partial charge >= 0.3 is 0 Å². The van der Waals surface area contributed by atoms with Crippen molar-refractivity contribution in [2.75, 3.05) is 19.6 Å². The van der Waals surface area contributed by atoms with Crippen LogP contribution < -0.4 is 32.3 Å². The molecule has 0 aromatic heterocycles. The fraction of sp³-hybridized carbons (Fsp3) is 0.526. The highest BCUT2D eigenvalue weighted by atomic mass is 16.2. The number of hydrogen-bond acceptors (Lipinski definition) is 7. The molecule has 0 aliphatic heterocycles. The number of nitrogens with zero attached hydrogens (tertiary/aromatic N) is 1. The molecule has 13 nitrogen and oxygen atoms in total. The van der Waals surface area contributed by atoms with Crippen LogP contribution in [0.2, 0.25) is 0 Å². The third-order valence-electron chi connectivity index (χ3n) is 8.48. The van der Waals surface area contributed by atoms with Gasteiger partial charge in [-0.05, 0) is 49.4 Å². The first-order valence-electron chi connectivity index (χ1n) is 17.7. The van der Waals surface area contributed by atoms with Gasteiger partial charge in [-0.1, -0.05) is 102 Å². The average Bonchev–Trinajstić information content (AvgIpc) is 3.08. The first-order valence-corrected chi connectivity index (χ1v) is 17.7. The van der Waals surface area contributed by atoms with E-state index in [1.54, 1.807) is 20.8 Å². The van der Waals surface area contributed by atoms with Crippen LogP contribution in [0.25, 0.3) is 0 Å². The van der Waals surface area contributed by atoms with Gasteiger partial charge in [0.15, 0.2) is 0 Å². The van der Waals surface area contributed by atoms with Crippen LogP contribution in [-0.4, -0.2) is 90.2 Å². The SMILES string of the molecule is CCN(CC)CC(=O)N[C@H](C)C(=O)N[C@H](Cc1ccccc1)C(=O)N[C@H](Cc1ccccc1)C(=O)N[C@@H](C(=O)N[C@H](CC(C)C)C(N)=O)C(C)C. The molecule has 2 aromatic rings. The van der Waals surface area contributed by atoms with Crippen molar-refractivity contribution in [1.29, 1.82) is 0 Å². The number of amides is 6. The lowest BCUT2D eigenvalue weighted by atomic mass is 9.98. The van der Waals surface area contributed by atoms with Gasteiger partial charge in [0.2, 0.25) is 35.4 Å². The van der Waals surface area contributed by atoms with Gasteiger partial charge < -0.3 is 32.3 Å². The van der Waals surface area contributed by atoms with Gasteiger partial charge in [-0.25, -0.2) is 0 Å². The Bertz CT molecular complexity index is 1430. The highest BCUT2D eigenvalue weighted by Crippen LogP contribution is 2.11. The van der Waals surface area contributed by atoms with Crippen LogP contribution in [0, 0.1) is 11.8 Å². The highest BCUT2D eigenvalue weighted by molar-refractivity contribution is 5.96. The summed E-state index contributed by atoms with van der Waals surface area (Å²) in [5.74, 6) is -3.67. The lowest BCUT2D eigenvalue weighted by molar-refractivity contribution is -0.135. The monoisotopic (exact) mass is 707 g/mol. The maximum absolute atomic E-state index is 14.0. The minimum absolute atomic E-state index is 0.0800. The molecule has 0 fully saturated rings. The molecule has 0 heterocycles. The summed E-state index contributed by atoms with van der Waals surface area (Å²) in [6.07, 6.45) is 0.533. The molecule has 0 aliphatic rings. The number of likely N-dealkylation sites (N-methyl/N-ethyl adjacent to an activating group) is 1. The Balaban J connectivity index is 2.34. The minimum Gasteiger partial charge on any atom is -0.368 e. The molecule has 280 valence electrons. The molecule has 2 aromatic carbocycles. The Morgan fingerprint density at radius 1 is 0.608 bits per heavy atom. The summed E-state index contributed by atoms with van der Waals surface area (Å²) in [6.45, 7) is 14.2. The molecule has 0 spiro atoms. The molecule has 51 heavy (non-hydrogen) atoms. The zero-order valence-electron chi connectivity index (χ0n) is 31.0. The Morgan fingerprint density at radius 2 is 1.06 bits per heavy atom. The molecule has 0 unspecified atom stereocenters. The van der Waals surface area contributed by atoms with Gasteiger partial charge in [0, 0.05) is 12.8 Å². The molecule has 2 rings (SSSR count). The molecule has 5 atom stereocenters. The van der Waals surface area contributed by atoms with Crippen molar-refractivity contribution in [3.05, 3.63) is 71.8 Å². The van der Waals surface area contributed by atoms with E-state index in [1.165, 1.54) is 0 Å². The Labute approximate surface area is 302 Å². The summed E-state index contributed by atoms with van der Waals surface area (Å²) >= 11 is 0. The minimum atomic E-state index is -1.14. The second-order valence-electron chi connectivity index (χ2n) is 13.6. The van der Waals surface area contributed by atoms with Gasteiger partial charge in [0.05, 0.1) is 6.54 Å². The molecule has 7 N–H and O–H groups in total. The zero-order valence-corrected chi connectivity index (χ0v) is 31.0. The summed E-state index contributed by atoms with van der Waals surface area (Å²) < 4.78 is 0. The fourth-order valence-electron chi connectivity index (χ4n) is 5.46. The van der Waals surface area contributed by atoms with Crippen molar-refractivity contribution in [1.82, 2.24) is 31.5 Å². The molecular formula is C38H57N7O6. The van der Waals surface area contributed by atoms with Gasteiger partial charge in [0.1, 0.15) is 30.2 Å². The van der Waals surface area contributed by atoms with Gasteiger partial charge in [-0.2, -0.15) is 0 Å². The highest BCUT2D eigenvalue weighted by Gasteiger charge is 2.33. The second kappa shape index (κ2) is 21.4. The van der Waals surface area contributed by atoms with E-state index in [4.69, 9.17) is 5.73 Å². The molecule has 0 saturated heterocycles. The summed E-state index contributed by atoms with van der Waals surface area (Å²) in [4.78, 5) is 81.3. The molecular weight excluding hydrogens is 650 g/mol. The van der Waals surface area contributed by atoms with Crippen molar-refractivity contribution in [2.45, 2.75) is 97.9 Å². The molecule has 0 saturated carbocycles. The first-order chi connectivity index (χ1) is 24.1. The number of nitrogens with one attached hydrogen (secondary N) is 5. The molecule has 0 radical (unpaired) electrons. The number of nitrogens with two attached hydrogens (primary N) is 1. The maximum Gasteiger partial charge on any atom is 0.243 e. The quantitative estimate of drug-likeness (QED) is 0.113. The van der Waals surface area contributed by atoms with Crippen LogP contribution >= 0.6 is 0 Å². The standard InChI is InChI=1S/C38H57N7O6/c1-8-45(9-2)23-32(46)40-26(7)35(48)42-30(21-27-16-12-10-13-17-27)36(49)43-31(22-28-18-14-11-15-19-28)37(50)44-33(25(5)6)38(51)41-29(34(39)47)20-24(3)4/h10-19,24-26,29-31,33H,8-9,20-23H2,1-7H3,(H2,39,47)(H,40,46)(H,41,51)(H,42,48)(H,43,49)(H,44,50)/t26-,29-,30-,31-,33-/m1/s1. The second-order valence-corrected chi connectivity index (χ2v) is 13.6. The molecule has 0 aliphatic carbocycles. The summed E-state index contributed by atoms with van der Waals surface area (Å²) in [7, 11) is 0. The van der Waals surface area contributed by atoms with Crippen molar-refractivity contribution < 1.29 is 28.8 Å². The topological polar surface area (TPSA) is 192 Å². The van der Waals surface area contributed by atoms with Crippen LogP contribution in [0.5, 0.6) is 0 Å². The van der Waals surface area contributed by atoms with Crippen molar-refractivity contribution in [3.63, 3.8) is 0 Å². The van der Waals surface area contributed by atoms with E-state index in [0.717, 1.165) is 11.1 Å². The first kappa shape index (κ1) is 42.4. The number of carbonyl (C=O) groups excluding carboxylic acids is 6. The maximum atomic E-state index is 14.0. The van der Waals surface area contributed by atoms with Crippen LogP contribution in [0.1, 0.15) is 66.0 Å². The normalized spacial score (nSPS) is 14.2. The molecule has 13 heteroatoms. The lowest BCUT2D eigenvalue weighted by Crippen LogP contribution is -2.60. The number of hydrogen-bond donors (Lipinski definition) is 6. The zero-order chi connectivity index (χ0) is 38.1. The molecule has 0 bridgehead atoms. The summed E-state index contributed by atoms with van der Waals surface area (Å²) in [5.41, 5.74) is 7.07. The van der Waals surface area contributed by atoms with E-state index in [0.29, 0.717) is 19.5 Å². The third-order valence-corrected chi connectivity index (χ3v) is 8.48. The predicted molar refractivity (Wildman–Crippen MR) is 197 cm³/mol. The van der Waals surface area contributed by atoms with E-state index in [9.17, 15) is 28.8 Å². The van der Waals surface area contributed by atoms with Crippen molar-refractivity contribution in [2.24, 2.45) is 17.6 Å². The number of rotatable bonds is 21. The van der Waals surface area contributed by atoms with Crippen LogP contribution in [0.3, 0.4) is 0 Å². The number of benzene rings is 2. The van der Waals surface area contributed by atoms with E-state index < -0.39 is 59.7 Å². The van der Waals surface area contributed by atoms with E-state index in [2.05, 4.69) is 26.6 Å². The summed E-state index contributed by atoms with van der Waals surface area (Å²) in [6, 6.07) is 13.0. The Kier molecular flexibility index (Phi) is 17.8. The number of primary amides is 1. The molecule has 6 amide bonds. The van der Waals surface area contributed by atoms with Crippen molar-refractivity contribution in [3.8, 4) is 0 Å². The fourth-order valence-corrected chi connectivity index (χ4v) is 5.46. The number of carbonyl (C=O) groups is 6. The van der Waals surface area contributed by atoms with Gasteiger partial charge in [0.25, 0.3) is 0 Å². The predicted octanol–water partition coefficient (Wildman–Crippen LogP) is 1.44. The smallest absolute Gasteiger partial charge is 0.243 e. The largest absolute Gasteiger partial charge is 0.368 e. The third kappa shape index (κ3) is 14.9.